The van der Waals surface area contributed by atoms with Gasteiger partial charge < -0.3 is 14.8 Å². The molecule has 1 atom stereocenters. The van der Waals surface area contributed by atoms with E-state index in [4.69, 9.17) is 4.74 Å². The van der Waals surface area contributed by atoms with Gasteiger partial charge in [-0.15, -0.1) is 5.10 Å². The van der Waals surface area contributed by atoms with E-state index in [9.17, 15) is 9.90 Å². The van der Waals surface area contributed by atoms with Crippen LogP contribution in [0.4, 0.5) is 0 Å². The number of hydrogen-bond donors (Lipinski definition) is 2. The van der Waals surface area contributed by atoms with Crippen LogP contribution < -0.4 is 10.3 Å². The average molecular weight is 439 g/mol. The van der Waals surface area contributed by atoms with Gasteiger partial charge in [0.25, 0.3) is 5.56 Å². The predicted molar refractivity (Wildman–Crippen MR) is 120 cm³/mol. The van der Waals surface area contributed by atoms with Crippen LogP contribution in [0.2, 0.25) is 0 Å². The lowest BCUT2D eigenvalue weighted by atomic mass is 9.94. The fourth-order valence-electron chi connectivity index (χ4n) is 5.14. The number of pyridine rings is 1. The number of aromatic nitrogens is 5. The second-order valence-electron chi connectivity index (χ2n) is 8.95. The third-order valence-corrected chi connectivity index (χ3v) is 6.92. The SMILES string of the molecule is COc1ccc2cc([C@@H](c3nnnn3C3CCCCC3)N3CCC(O)CC3)c(=O)[nH]c2c1. The quantitative estimate of drug-likeness (QED) is 0.630. The van der Waals surface area contributed by atoms with Gasteiger partial charge in [-0.3, -0.25) is 9.69 Å². The Labute approximate surface area is 186 Å². The highest BCUT2D eigenvalue weighted by Gasteiger charge is 2.34. The highest BCUT2D eigenvalue weighted by Crippen LogP contribution is 2.34. The number of benzene rings is 1. The minimum absolute atomic E-state index is 0.153. The summed E-state index contributed by atoms with van der Waals surface area (Å²) in [6.07, 6.45) is 6.73. The van der Waals surface area contributed by atoms with Crippen molar-refractivity contribution in [3.63, 3.8) is 0 Å². The third-order valence-electron chi connectivity index (χ3n) is 6.92. The van der Waals surface area contributed by atoms with Crippen LogP contribution in [0, 0.1) is 0 Å². The molecule has 1 saturated heterocycles. The van der Waals surface area contributed by atoms with E-state index >= 15 is 0 Å². The van der Waals surface area contributed by atoms with E-state index < -0.39 is 0 Å². The minimum Gasteiger partial charge on any atom is -0.497 e. The molecule has 1 saturated carbocycles. The van der Waals surface area contributed by atoms with Crippen molar-refractivity contribution in [1.29, 1.82) is 0 Å². The summed E-state index contributed by atoms with van der Waals surface area (Å²) in [6.45, 7) is 1.37. The fourth-order valence-corrected chi connectivity index (χ4v) is 5.14. The number of aliphatic hydroxyl groups excluding tert-OH is 1. The lowest BCUT2D eigenvalue weighted by Gasteiger charge is -2.36. The van der Waals surface area contributed by atoms with E-state index in [-0.39, 0.29) is 23.7 Å². The Bertz CT molecular complexity index is 1130. The van der Waals surface area contributed by atoms with Crippen molar-refractivity contribution in [2.75, 3.05) is 20.2 Å². The zero-order chi connectivity index (χ0) is 22.1. The summed E-state index contributed by atoms with van der Waals surface area (Å²) in [6, 6.07) is 7.52. The number of methoxy groups -OCH3 is 1. The van der Waals surface area contributed by atoms with Gasteiger partial charge in [0.05, 0.1) is 24.8 Å². The van der Waals surface area contributed by atoms with E-state index in [1.165, 1.54) is 19.3 Å². The number of hydrogen-bond acceptors (Lipinski definition) is 7. The summed E-state index contributed by atoms with van der Waals surface area (Å²) in [4.78, 5) is 18.6. The van der Waals surface area contributed by atoms with E-state index in [1.54, 1.807) is 7.11 Å². The monoisotopic (exact) mass is 438 g/mol. The number of fused-ring (bicyclic) bond motifs is 1. The largest absolute Gasteiger partial charge is 0.497 e. The summed E-state index contributed by atoms with van der Waals surface area (Å²) in [7, 11) is 1.61. The molecule has 2 fully saturated rings. The highest BCUT2D eigenvalue weighted by atomic mass is 16.5. The second-order valence-corrected chi connectivity index (χ2v) is 8.95. The highest BCUT2D eigenvalue weighted by molar-refractivity contribution is 5.80. The van der Waals surface area contributed by atoms with Crippen molar-refractivity contribution >= 4 is 10.9 Å². The van der Waals surface area contributed by atoms with Gasteiger partial charge in [-0.2, -0.15) is 0 Å². The Morgan fingerprint density at radius 3 is 2.66 bits per heavy atom. The molecule has 0 amide bonds. The molecule has 1 aliphatic heterocycles. The first kappa shape index (κ1) is 21.1. The molecule has 2 N–H and O–H groups in total. The van der Waals surface area contributed by atoms with E-state index in [0.717, 1.165) is 23.7 Å². The molecule has 1 aliphatic carbocycles. The lowest BCUT2D eigenvalue weighted by molar-refractivity contribution is 0.0651. The van der Waals surface area contributed by atoms with Crippen molar-refractivity contribution in [3.8, 4) is 5.75 Å². The van der Waals surface area contributed by atoms with Crippen molar-refractivity contribution in [2.45, 2.75) is 63.1 Å². The van der Waals surface area contributed by atoms with Gasteiger partial charge >= 0.3 is 0 Å². The predicted octanol–water partition coefficient (Wildman–Crippen LogP) is 2.57. The molecule has 0 spiro atoms. The molecule has 3 aromatic rings. The van der Waals surface area contributed by atoms with Crippen molar-refractivity contribution < 1.29 is 9.84 Å². The molecule has 9 nitrogen and oxygen atoms in total. The molecule has 2 aliphatic rings. The number of nitrogens with zero attached hydrogens (tertiary/aromatic N) is 5. The molecule has 170 valence electrons. The molecule has 9 heteroatoms. The van der Waals surface area contributed by atoms with Crippen molar-refractivity contribution in [3.05, 3.63) is 46.0 Å². The molecule has 1 aromatic carbocycles. The van der Waals surface area contributed by atoms with E-state index in [2.05, 4.69) is 25.4 Å². The van der Waals surface area contributed by atoms with Gasteiger partial charge in [-0.1, -0.05) is 19.3 Å². The zero-order valence-electron chi connectivity index (χ0n) is 18.4. The summed E-state index contributed by atoms with van der Waals surface area (Å²) in [5.41, 5.74) is 1.21. The van der Waals surface area contributed by atoms with E-state index in [1.807, 2.05) is 28.9 Å². The topological polar surface area (TPSA) is 109 Å². The Morgan fingerprint density at radius 1 is 1.12 bits per heavy atom. The van der Waals surface area contributed by atoms with Gasteiger partial charge in [-0.25, -0.2) is 4.68 Å². The molecule has 2 aromatic heterocycles. The maximum atomic E-state index is 13.3. The third kappa shape index (κ3) is 4.02. The Balaban J connectivity index is 1.61. The number of aromatic amines is 1. The number of aliphatic hydroxyl groups is 1. The van der Waals surface area contributed by atoms with Crippen LogP contribution in [-0.2, 0) is 0 Å². The molecule has 0 bridgehead atoms. The van der Waals surface area contributed by atoms with Crippen LogP contribution in [0.25, 0.3) is 10.9 Å². The number of H-pyrrole nitrogens is 1. The van der Waals surface area contributed by atoms with Crippen molar-refractivity contribution in [1.82, 2.24) is 30.1 Å². The normalized spacial score (nSPS) is 19.9. The Hall–Kier alpha value is -2.78. The molecule has 0 unspecified atom stereocenters. The standard InChI is InChI=1S/C23H30N6O3/c1-32-18-8-7-15-13-19(23(31)24-20(15)14-18)21(28-11-9-17(30)10-12-28)22-25-26-27-29(22)16-5-3-2-4-6-16/h7-8,13-14,16-17,21,30H,2-6,9-12H2,1H3,(H,24,31)/t21-/m0/s1. The zero-order valence-corrected chi connectivity index (χ0v) is 18.4. The molecular weight excluding hydrogens is 408 g/mol. The smallest absolute Gasteiger partial charge is 0.253 e. The number of rotatable bonds is 5. The number of likely N-dealkylation sites (tertiary alicyclic amines) is 1. The van der Waals surface area contributed by atoms with Gasteiger partial charge in [0.1, 0.15) is 11.8 Å². The maximum Gasteiger partial charge on any atom is 0.253 e. The first-order chi connectivity index (χ1) is 15.6. The Kier molecular flexibility index (Phi) is 5.93. The average Bonchev–Trinajstić information content (AvgIpc) is 3.30. The van der Waals surface area contributed by atoms with Gasteiger partial charge in [0.2, 0.25) is 0 Å². The first-order valence-electron chi connectivity index (χ1n) is 11.5. The van der Waals surface area contributed by atoms with Crippen LogP contribution in [0.3, 0.4) is 0 Å². The minimum atomic E-state index is -0.366. The fraction of sp³-hybridized carbons (Fsp3) is 0.565. The van der Waals surface area contributed by atoms with Gasteiger partial charge in [-0.05, 0) is 59.7 Å². The molecule has 0 radical (unpaired) electrons. The molecule has 32 heavy (non-hydrogen) atoms. The second kappa shape index (κ2) is 8.99. The van der Waals surface area contributed by atoms with Crippen LogP contribution in [0.1, 0.15) is 68.4 Å². The van der Waals surface area contributed by atoms with Gasteiger partial charge in [0, 0.05) is 24.7 Å². The number of ether oxygens (including phenoxy) is 1. The summed E-state index contributed by atoms with van der Waals surface area (Å²) >= 11 is 0. The van der Waals surface area contributed by atoms with Crippen LogP contribution in [-0.4, -0.2) is 61.5 Å². The number of piperidine rings is 1. The van der Waals surface area contributed by atoms with Crippen LogP contribution in [0.5, 0.6) is 5.75 Å². The summed E-state index contributed by atoms with van der Waals surface area (Å²) in [5, 5.41) is 23.8. The molecule has 5 rings (SSSR count). The summed E-state index contributed by atoms with van der Waals surface area (Å²) < 4.78 is 7.25. The molecular formula is C23H30N6O3. The first-order valence-corrected chi connectivity index (χ1v) is 11.5. The lowest BCUT2D eigenvalue weighted by Crippen LogP contribution is -2.42. The van der Waals surface area contributed by atoms with E-state index in [0.29, 0.717) is 43.1 Å². The number of tetrazole rings is 1. The van der Waals surface area contributed by atoms with Crippen LogP contribution >= 0.6 is 0 Å². The van der Waals surface area contributed by atoms with Gasteiger partial charge in [0.15, 0.2) is 5.82 Å². The van der Waals surface area contributed by atoms with Crippen LogP contribution in [0.15, 0.2) is 29.1 Å². The van der Waals surface area contributed by atoms with Crippen molar-refractivity contribution in [2.24, 2.45) is 0 Å². The molecule has 3 heterocycles. The summed E-state index contributed by atoms with van der Waals surface area (Å²) in [5.74, 6) is 1.41. The maximum absolute atomic E-state index is 13.3. The number of nitrogens with one attached hydrogen (secondary N) is 1. The Morgan fingerprint density at radius 2 is 1.91 bits per heavy atom.